The number of fused-ring (bicyclic) bond motifs is 1. The van der Waals surface area contributed by atoms with Crippen LogP contribution in [-0.4, -0.2) is 19.7 Å². The molecule has 2 aromatic heterocycles. The number of nitrogens with one attached hydrogen (secondary N) is 1. The smallest absolute Gasteiger partial charge is 0.267 e. The zero-order valence-electron chi connectivity index (χ0n) is 12.0. The summed E-state index contributed by atoms with van der Waals surface area (Å²) in [6.07, 6.45) is 3.58. The fraction of sp³-hybridized carbons (Fsp3) is 0.267. The van der Waals surface area contributed by atoms with E-state index in [9.17, 15) is 9.18 Å². The standard InChI is InChI=1S/C15H13ClFN5O/c16-10-6-8(17)5-9-13(10)20-14(12(18)7-1-2-7)22(15(9)23)11-3-4-19-21-11/h3-7,12H,1-2,18H2,(H,19,21). The normalized spacial score (nSPS) is 16.0. The van der Waals surface area contributed by atoms with E-state index in [0.29, 0.717) is 11.6 Å². The first-order chi connectivity index (χ1) is 11.1. The van der Waals surface area contributed by atoms with E-state index in [-0.39, 0.29) is 21.8 Å². The van der Waals surface area contributed by atoms with Gasteiger partial charge in [0.05, 0.1) is 22.0 Å². The number of halogens is 2. The van der Waals surface area contributed by atoms with Crippen molar-refractivity contribution in [2.45, 2.75) is 18.9 Å². The maximum Gasteiger partial charge on any atom is 0.267 e. The fourth-order valence-electron chi connectivity index (χ4n) is 2.72. The summed E-state index contributed by atoms with van der Waals surface area (Å²) in [5.74, 6) is 0.458. The number of hydrogen-bond acceptors (Lipinski definition) is 4. The molecule has 1 aromatic carbocycles. The molecule has 6 nitrogen and oxygen atoms in total. The highest BCUT2D eigenvalue weighted by atomic mass is 35.5. The third-order valence-electron chi connectivity index (χ3n) is 4.06. The van der Waals surface area contributed by atoms with Crippen LogP contribution in [0.3, 0.4) is 0 Å². The lowest BCUT2D eigenvalue weighted by Gasteiger charge is -2.17. The molecule has 4 rings (SSSR count). The van der Waals surface area contributed by atoms with Crippen molar-refractivity contribution in [3.63, 3.8) is 0 Å². The average Bonchev–Trinajstić information content (AvgIpc) is 3.23. The van der Waals surface area contributed by atoms with E-state index in [4.69, 9.17) is 17.3 Å². The van der Waals surface area contributed by atoms with E-state index in [0.717, 1.165) is 25.0 Å². The monoisotopic (exact) mass is 333 g/mol. The summed E-state index contributed by atoms with van der Waals surface area (Å²) in [4.78, 5) is 17.4. The van der Waals surface area contributed by atoms with Crippen LogP contribution in [0.5, 0.6) is 0 Å². The van der Waals surface area contributed by atoms with Gasteiger partial charge in [0, 0.05) is 12.3 Å². The number of nitrogens with zero attached hydrogens (tertiary/aromatic N) is 3. The fourth-order valence-corrected chi connectivity index (χ4v) is 2.97. The van der Waals surface area contributed by atoms with Crippen molar-refractivity contribution in [3.05, 3.63) is 51.4 Å². The van der Waals surface area contributed by atoms with Crippen LogP contribution in [0.25, 0.3) is 16.7 Å². The van der Waals surface area contributed by atoms with Gasteiger partial charge in [-0.15, -0.1) is 0 Å². The summed E-state index contributed by atoms with van der Waals surface area (Å²) in [5, 5.41) is 6.89. The van der Waals surface area contributed by atoms with Gasteiger partial charge in [0.2, 0.25) is 0 Å². The van der Waals surface area contributed by atoms with Gasteiger partial charge < -0.3 is 5.73 Å². The van der Waals surface area contributed by atoms with E-state index in [1.165, 1.54) is 4.57 Å². The van der Waals surface area contributed by atoms with Crippen LogP contribution in [0.4, 0.5) is 4.39 Å². The molecule has 1 aliphatic rings. The lowest BCUT2D eigenvalue weighted by molar-refractivity contribution is 0.570. The summed E-state index contributed by atoms with van der Waals surface area (Å²) in [6, 6.07) is 3.51. The second kappa shape index (κ2) is 5.14. The second-order valence-corrected chi connectivity index (χ2v) is 6.10. The Morgan fingerprint density at radius 3 is 2.87 bits per heavy atom. The van der Waals surface area contributed by atoms with E-state index in [2.05, 4.69) is 15.2 Å². The van der Waals surface area contributed by atoms with Crippen LogP contribution >= 0.6 is 11.6 Å². The first kappa shape index (κ1) is 14.3. The minimum Gasteiger partial charge on any atom is -0.321 e. The maximum absolute atomic E-state index is 13.6. The Bertz CT molecular complexity index is 949. The first-order valence-corrected chi connectivity index (χ1v) is 7.61. The molecule has 0 amide bonds. The molecule has 0 saturated heterocycles. The largest absolute Gasteiger partial charge is 0.321 e. The Labute approximate surface area is 135 Å². The molecule has 3 aromatic rings. The lowest BCUT2D eigenvalue weighted by atomic mass is 10.1. The minimum absolute atomic E-state index is 0.0931. The molecule has 118 valence electrons. The highest BCUT2D eigenvalue weighted by Crippen LogP contribution is 2.39. The van der Waals surface area contributed by atoms with Gasteiger partial charge in [-0.05, 0) is 30.9 Å². The number of benzene rings is 1. The van der Waals surface area contributed by atoms with Gasteiger partial charge in [-0.2, -0.15) is 5.10 Å². The number of H-pyrrole nitrogens is 1. The molecule has 1 fully saturated rings. The average molecular weight is 334 g/mol. The zero-order chi connectivity index (χ0) is 16.1. The predicted octanol–water partition coefficient (Wildman–Crippen LogP) is 2.31. The van der Waals surface area contributed by atoms with Crippen LogP contribution in [0, 0.1) is 11.7 Å². The van der Waals surface area contributed by atoms with Gasteiger partial charge in [0.1, 0.15) is 11.6 Å². The molecular formula is C15H13ClFN5O. The summed E-state index contributed by atoms with van der Waals surface area (Å²) in [5.41, 5.74) is 6.09. The van der Waals surface area contributed by atoms with Crippen LogP contribution in [0.1, 0.15) is 24.7 Å². The Morgan fingerprint density at radius 1 is 1.43 bits per heavy atom. The maximum atomic E-state index is 13.6. The van der Waals surface area contributed by atoms with Crippen molar-refractivity contribution in [1.29, 1.82) is 0 Å². The van der Waals surface area contributed by atoms with Gasteiger partial charge in [0.15, 0.2) is 5.82 Å². The van der Waals surface area contributed by atoms with E-state index in [1.54, 1.807) is 12.3 Å². The highest BCUT2D eigenvalue weighted by Gasteiger charge is 2.33. The number of rotatable bonds is 3. The van der Waals surface area contributed by atoms with Crippen molar-refractivity contribution in [3.8, 4) is 5.82 Å². The van der Waals surface area contributed by atoms with E-state index >= 15 is 0 Å². The third-order valence-corrected chi connectivity index (χ3v) is 4.35. The van der Waals surface area contributed by atoms with Gasteiger partial charge in [0.25, 0.3) is 5.56 Å². The molecule has 1 saturated carbocycles. The molecule has 1 unspecified atom stereocenters. The quantitative estimate of drug-likeness (QED) is 0.769. The Morgan fingerprint density at radius 2 is 2.22 bits per heavy atom. The molecular weight excluding hydrogens is 321 g/mol. The molecule has 0 aliphatic heterocycles. The number of aromatic amines is 1. The number of hydrogen-bond donors (Lipinski definition) is 2. The topological polar surface area (TPSA) is 89.6 Å². The minimum atomic E-state index is -0.589. The van der Waals surface area contributed by atoms with Crippen LogP contribution < -0.4 is 11.3 Å². The number of nitrogens with two attached hydrogens (primary N) is 1. The molecule has 8 heteroatoms. The summed E-state index contributed by atoms with van der Waals surface area (Å²) in [6.45, 7) is 0. The molecule has 0 spiro atoms. The molecule has 0 bridgehead atoms. The van der Waals surface area contributed by atoms with Crippen molar-refractivity contribution in [2.24, 2.45) is 11.7 Å². The van der Waals surface area contributed by atoms with Gasteiger partial charge in [-0.1, -0.05) is 11.6 Å². The Kier molecular flexibility index (Phi) is 3.21. The number of aromatic nitrogens is 4. The molecule has 0 radical (unpaired) electrons. The zero-order valence-corrected chi connectivity index (χ0v) is 12.7. The second-order valence-electron chi connectivity index (χ2n) is 5.69. The lowest BCUT2D eigenvalue weighted by Crippen LogP contribution is -2.29. The molecule has 23 heavy (non-hydrogen) atoms. The van der Waals surface area contributed by atoms with Gasteiger partial charge >= 0.3 is 0 Å². The Hall–Kier alpha value is -2.25. The van der Waals surface area contributed by atoms with Crippen LogP contribution in [0.2, 0.25) is 5.02 Å². The molecule has 2 heterocycles. The van der Waals surface area contributed by atoms with Gasteiger partial charge in [-0.25, -0.2) is 13.9 Å². The first-order valence-electron chi connectivity index (χ1n) is 7.23. The molecule has 3 N–H and O–H groups in total. The predicted molar refractivity (Wildman–Crippen MR) is 84.1 cm³/mol. The van der Waals surface area contributed by atoms with E-state index in [1.807, 2.05) is 0 Å². The molecule has 1 atom stereocenters. The highest BCUT2D eigenvalue weighted by molar-refractivity contribution is 6.35. The van der Waals surface area contributed by atoms with E-state index < -0.39 is 17.4 Å². The van der Waals surface area contributed by atoms with Crippen molar-refractivity contribution >= 4 is 22.5 Å². The summed E-state index contributed by atoms with van der Waals surface area (Å²) < 4.78 is 15.0. The van der Waals surface area contributed by atoms with Crippen molar-refractivity contribution < 1.29 is 4.39 Å². The van der Waals surface area contributed by atoms with Gasteiger partial charge in [-0.3, -0.25) is 9.89 Å². The van der Waals surface area contributed by atoms with Crippen LogP contribution in [0.15, 0.2) is 29.2 Å². The summed E-state index contributed by atoms with van der Waals surface area (Å²) >= 11 is 6.07. The van der Waals surface area contributed by atoms with Crippen molar-refractivity contribution in [2.75, 3.05) is 0 Å². The Balaban J connectivity index is 2.09. The van der Waals surface area contributed by atoms with Crippen LogP contribution in [-0.2, 0) is 0 Å². The SMILES string of the molecule is NC(c1nc2c(Cl)cc(F)cc2c(=O)n1-c1cc[nH]n1)C1CC1. The van der Waals surface area contributed by atoms with Crippen molar-refractivity contribution in [1.82, 2.24) is 19.7 Å². The third kappa shape index (κ3) is 2.32. The molecule has 1 aliphatic carbocycles. The summed E-state index contributed by atoms with van der Waals surface area (Å²) in [7, 11) is 0.